The van der Waals surface area contributed by atoms with Gasteiger partial charge in [0.2, 0.25) is 0 Å². The van der Waals surface area contributed by atoms with E-state index in [2.05, 4.69) is 45.0 Å². The van der Waals surface area contributed by atoms with Crippen molar-refractivity contribution in [2.24, 2.45) is 0 Å². The molecule has 1 amide bonds. The number of benzene rings is 1. The molecule has 2 rings (SSSR count). The predicted octanol–water partition coefficient (Wildman–Crippen LogP) is 4.39. The number of carbonyl (C=O) groups is 1. The van der Waals surface area contributed by atoms with Crippen LogP contribution in [0.15, 0.2) is 30.3 Å². The third-order valence-electron chi connectivity index (χ3n) is 3.91. The van der Waals surface area contributed by atoms with Crippen LogP contribution >= 0.6 is 0 Å². The first-order chi connectivity index (χ1) is 11.1. The van der Waals surface area contributed by atoms with Crippen molar-refractivity contribution in [1.29, 1.82) is 0 Å². The van der Waals surface area contributed by atoms with E-state index < -0.39 is 0 Å². The third-order valence-corrected chi connectivity index (χ3v) is 3.91. The van der Waals surface area contributed by atoms with Gasteiger partial charge >= 0.3 is 0 Å². The summed E-state index contributed by atoms with van der Waals surface area (Å²) in [5.74, 6) is -0.243. The number of nitrogens with zero attached hydrogens (tertiary/aromatic N) is 2. The summed E-state index contributed by atoms with van der Waals surface area (Å²) < 4.78 is 14.9. The van der Waals surface area contributed by atoms with E-state index in [1.54, 1.807) is 12.1 Å². The van der Waals surface area contributed by atoms with Crippen LogP contribution in [0.3, 0.4) is 0 Å². The molecule has 1 aromatic carbocycles. The normalized spacial score (nSPS) is 13.2. The number of halogens is 1. The molecule has 0 aliphatic rings. The lowest BCUT2D eigenvalue weighted by Gasteiger charge is -2.23. The van der Waals surface area contributed by atoms with Gasteiger partial charge in [-0.25, -0.2) is 4.39 Å². The second-order valence-electron chi connectivity index (χ2n) is 7.44. The largest absolute Gasteiger partial charge is 0.344 e. The lowest BCUT2D eigenvalue weighted by Crippen LogP contribution is -2.29. The molecule has 0 fully saturated rings. The molecule has 1 unspecified atom stereocenters. The van der Waals surface area contributed by atoms with E-state index in [-0.39, 0.29) is 29.2 Å². The van der Waals surface area contributed by atoms with Crippen LogP contribution in [0.5, 0.6) is 0 Å². The van der Waals surface area contributed by atoms with Gasteiger partial charge in [0.1, 0.15) is 11.5 Å². The van der Waals surface area contributed by atoms with Gasteiger partial charge in [-0.05, 0) is 57.4 Å². The number of carbonyl (C=O) groups excluding carboxylic acids is 1. The second-order valence-corrected chi connectivity index (χ2v) is 7.44. The van der Waals surface area contributed by atoms with E-state index >= 15 is 0 Å². The van der Waals surface area contributed by atoms with E-state index in [4.69, 9.17) is 0 Å². The maximum absolute atomic E-state index is 13.0. The Kier molecular flexibility index (Phi) is 5.11. The van der Waals surface area contributed by atoms with Crippen LogP contribution in [-0.4, -0.2) is 15.7 Å². The molecule has 1 heterocycles. The Labute approximate surface area is 143 Å². The Bertz CT molecular complexity index is 711. The molecular formula is C19H26FN3O. The van der Waals surface area contributed by atoms with Crippen molar-refractivity contribution in [2.45, 2.75) is 59.0 Å². The molecule has 5 heteroatoms. The summed E-state index contributed by atoms with van der Waals surface area (Å²) in [6, 6.07) is 7.76. The van der Waals surface area contributed by atoms with Crippen molar-refractivity contribution in [2.75, 3.05) is 0 Å². The summed E-state index contributed by atoms with van der Waals surface area (Å²) in [5.41, 5.74) is 2.09. The van der Waals surface area contributed by atoms with Gasteiger partial charge in [0.15, 0.2) is 0 Å². The van der Waals surface area contributed by atoms with Gasteiger partial charge in [-0.1, -0.05) is 26.0 Å². The van der Waals surface area contributed by atoms with Crippen LogP contribution in [0.25, 0.3) is 0 Å². The number of hydrogen-bond acceptors (Lipinski definition) is 2. The summed E-state index contributed by atoms with van der Waals surface area (Å²) in [6.07, 6.45) is 0. The highest BCUT2D eigenvalue weighted by Crippen LogP contribution is 2.24. The summed E-state index contributed by atoms with van der Waals surface area (Å²) in [7, 11) is 0. The molecule has 0 bridgehead atoms. The molecule has 0 saturated heterocycles. The minimum absolute atomic E-state index is 0.194. The van der Waals surface area contributed by atoms with Crippen molar-refractivity contribution in [3.63, 3.8) is 0 Å². The molecular weight excluding hydrogens is 305 g/mol. The van der Waals surface area contributed by atoms with E-state index in [0.29, 0.717) is 5.69 Å². The van der Waals surface area contributed by atoms with E-state index in [1.807, 2.05) is 17.7 Å². The molecule has 24 heavy (non-hydrogen) atoms. The Hall–Kier alpha value is -2.17. The van der Waals surface area contributed by atoms with Crippen LogP contribution < -0.4 is 5.32 Å². The minimum atomic E-state index is -0.289. The van der Waals surface area contributed by atoms with Gasteiger partial charge in [0, 0.05) is 5.69 Å². The lowest BCUT2D eigenvalue weighted by atomic mass is 10.1. The Morgan fingerprint density at radius 2 is 1.75 bits per heavy atom. The van der Waals surface area contributed by atoms with Gasteiger partial charge in [-0.15, -0.1) is 0 Å². The molecule has 1 atom stereocenters. The average molecular weight is 331 g/mol. The van der Waals surface area contributed by atoms with Gasteiger partial charge in [-0.2, -0.15) is 5.10 Å². The number of hydrogen-bond donors (Lipinski definition) is 1. The molecule has 0 radical (unpaired) electrons. The number of nitrogens with one attached hydrogen (secondary N) is 1. The highest BCUT2D eigenvalue weighted by atomic mass is 19.1. The van der Waals surface area contributed by atoms with Gasteiger partial charge in [0.25, 0.3) is 5.91 Å². The maximum atomic E-state index is 13.0. The maximum Gasteiger partial charge on any atom is 0.272 e. The molecule has 130 valence electrons. The van der Waals surface area contributed by atoms with Crippen LogP contribution in [0.4, 0.5) is 4.39 Å². The van der Waals surface area contributed by atoms with Crippen molar-refractivity contribution in [3.8, 4) is 0 Å². The van der Waals surface area contributed by atoms with Crippen LogP contribution in [0.2, 0.25) is 0 Å². The van der Waals surface area contributed by atoms with Crippen molar-refractivity contribution in [3.05, 3.63) is 53.1 Å². The molecule has 1 aromatic heterocycles. The minimum Gasteiger partial charge on any atom is -0.344 e. The lowest BCUT2D eigenvalue weighted by molar-refractivity contribution is 0.0933. The van der Waals surface area contributed by atoms with E-state index in [9.17, 15) is 9.18 Å². The fourth-order valence-corrected chi connectivity index (χ4v) is 2.56. The number of rotatable bonds is 4. The van der Waals surface area contributed by atoms with Crippen molar-refractivity contribution in [1.82, 2.24) is 15.1 Å². The summed E-state index contributed by atoms with van der Waals surface area (Å²) in [5, 5.41) is 7.43. The Balaban J connectivity index is 2.22. The first-order valence-electron chi connectivity index (χ1n) is 8.26. The van der Waals surface area contributed by atoms with Crippen molar-refractivity contribution < 1.29 is 9.18 Å². The van der Waals surface area contributed by atoms with Gasteiger partial charge in [0.05, 0.1) is 11.6 Å². The van der Waals surface area contributed by atoms with E-state index in [0.717, 1.165) is 11.3 Å². The third kappa shape index (κ3) is 4.02. The SMILES string of the molecule is CC(C)c1cc(C(=O)NC(C)c2ccc(F)cc2)nn1C(C)(C)C. The van der Waals surface area contributed by atoms with Crippen LogP contribution in [0, 0.1) is 5.82 Å². The van der Waals surface area contributed by atoms with Crippen LogP contribution in [0.1, 0.15) is 75.2 Å². The zero-order valence-corrected chi connectivity index (χ0v) is 15.2. The summed E-state index contributed by atoms with van der Waals surface area (Å²) in [4.78, 5) is 12.5. The van der Waals surface area contributed by atoms with E-state index in [1.165, 1.54) is 12.1 Å². The molecule has 2 aromatic rings. The molecule has 4 nitrogen and oxygen atoms in total. The Morgan fingerprint density at radius 1 is 1.17 bits per heavy atom. The number of aromatic nitrogens is 2. The quantitative estimate of drug-likeness (QED) is 0.903. The van der Waals surface area contributed by atoms with Crippen LogP contribution in [-0.2, 0) is 5.54 Å². The molecule has 0 spiro atoms. The fourth-order valence-electron chi connectivity index (χ4n) is 2.56. The number of amides is 1. The molecule has 1 N–H and O–H groups in total. The highest BCUT2D eigenvalue weighted by molar-refractivity contribution is 5.92. The molecule has 0 aliphatic carbocycles. The average Bonchev–Trinajstić information content (AvgIpc) is 2.93. The monoisotopic (exact) mass is 331 g/mol. The predicted molar refractivity (Wildman–Crippen MR) is 93.6 cm³/mol. The second kappa shape index (κ2) is 6.75. The summed E-state index contributed by atoms with van der Waals surface area (Å²) in [6.45, 7) is 12.2. The first kappa shape index (κ1) is 18.2. The zero-order valence-electron chi connectivity index (χ0n) is 15.2. The fraction of sp³-hybridized carbons (Fsp3) is 0.474. The zero-order chi connectivity index (χ0) is 18.1. The summed E-state index contributed by atoms with van der Waals surface area (Å²) >= 11 is 0. The first-order valence-corrected chi connectivity index (χ1v) is 8.26. The van der Waals surface area contributed by atoms with Crippen molar-refractivity contribution >= 4 is 5.91 Å². The molecule has 0 saturated carbocycles. The van der Waals surface area contributed by atoms with Gasteiger partial charge < -0.3 is 5.32 Å². The van der Waals surface area contributed by atoms with Gasteiger partial charge in [-0.3, -0.25) is 9.48 Å². The smallest absolute Gasteiger partial charge is 0.272 e. The topological polar surface area (TPSA) is 46.9 Å². The molecule has 0 aliphatic heterocycles. The Morgan fingerprint density at radius 3 is 2.21 bits per heavy atom. The standard InChI is InChI=1S/C19H26FN3O/c1-12(2)17-11-16(22-23(17)19(4,5)6)18(24)21-13(3)14-7-9-15(20)10-8-14/h7-13H,1-6H3,(H,21,24). The highest BCUT2D eigenvalue weighted by Gasteiger charge is 2.24.